The largest absolute Gasteiger partial charge is 0.481 e. The molecule has 0 spiro atoms. The maximum Gasteiger partial charge on any atom is 0.300 e. The summed E-state index contributed by atoms with van der Waals surface area (Å²) in [6, 6.07) is 0. The van der Waals surface area contributed by atoms with Gasteiger partial charge in [-0.25, -0.2) is 0 Å². The monoisotopic (exact) mass is 471 g/mol. The maximum absolute atomic E-state index is 9.00. The van der Waals surface area contributed by atoms with Crippen molar-refractivity contribution in [3.8, 4) is 0 Å². The van der Waals surface area contributed by atoms with E-state index in [9.17, 15) is 0 Å². The molecule has 0 saturated carbocycles. The third-order valence-corrected chi connectivity index (χ3v) is 0. The van der Waals surface area contributed by atoms with Crippen LogP contribution in [0, 0.1) is 0 Å². The Morgan fingerprint density at radius 1 is 0.379 bits per heavy atom. The Balaban J connectivity index is -0.0000000115. The zero-order valence-electron chi connectivity index (χ0n) is 19.6. The van der Waals surface area contributed by atoms with Crippen molar-refractivity contribution in [2.45, 2.75) is 34.6 Å². The number of hydrogen-bond acceptors (Lipinski definition) is 5. The average molecular weight is 471 g/mol. The molecule has 0 aliphatic heterocycles. The van der Waals surface area contributed by atoms with E-state index in [2.05, 4.69) is 26.3 Å². The van der Waals surface area contributed by atoms with E-state index < -0.39 is 29.8 Å². The Morgan fingerprint density at radius 3 is 0.379 bits per heavy atom. The minimum absolute atomic E-state index is 0. The van der Waals surface area contributed by atoms with E-state index in [4.69, 9.17) is 49.5 Å². The summed E-state index contributed by atoms with van der Waals surface area (Å²) in [5.41, 5.74) is 0. The first-order valence-electron chi connectivity index (χ1n) is 5.64. The summed E-state index contributed by atoms with van der Waals surface area (Å²) in [6.45, 7) is 17.4. The van der Waals surface area contributed by atoms with E-state index in [1.165, 1.54) is 0 Å². The Hall–Kier alpha value is 1.83. The predicted molar refractivity (Wildman–Crippen MR) is 118 cm³/mol. The first-order chi connectivity index (χ1) is 10.7. The average Bonchev–Trinajstić information content (AvgIpc) is 2.29. The van der Waals surface area contributed by atoms with E-state index in [-0.39, 0.29) is 148 Å². The van der Waals surface area contributed by atoms with Gasteiger partial charge in [-0.15, -0.1) is 26.3 Å². The van der Waals surface area contributed by atoms with Crippen LogP contribution in [-0.4, -0.2) is 203 Å². The van der Waals surface area contributed by atoms with Crippen LogP contribution in [0.2, 0.25) is 0 Å². The van der Waals surface area contributed by atoms with Crippen molar-refractivity contribution in [2.24, 2.45) is 0 Å². The Morgan fingerprint density at radius 2 is 0.379 bits per heavy atom. The summed E-state index contributed by atoms with van der Waals surface area (Å²) in [6.07, 6.45) is 0. The van der Waals surface area contributed by atoms with Gasteiger partial charge in [0.15, 0.2) is 0 Å². The van der Waals surface area contributed by atoms with Gasteiger partial charge in [0.1, 0.15) is 0 Å². The van der Waals surface area contributed by atoms with Crippen molar-refractivity contribution in [1.29, 1.82) is 0 Å². The molecule has 29 heavy (non-hydrogen) atoms. The molecule has 5 N–H and O–H groups in total. The number of aliphatic carboxylic acids is 5. The van der Waals surface area contributed by atoms with Gasteiger partial charge in [-0.2, -0.15) is 0 Å². The van der Waals surface area contributed by atoms with Crippen LogP contribution in [0.5, 0.6) is 0 Å². The van der Waals surface area contributed by atoms with E-state index in [1.807, 2.05) is 0 Å². The number of rotatable bonds is 0. The van der Waals surface area contributed by atoms with Gasteiger partial charge >= 0.3 is 0 Å². The molecule has 0 amide bonds. The predicted octanol–water partition coefficient (Wildman–Crippen LogP) is 0.155. The fourth-order valence-electron chi connectivity index (χ4n) is 0. The summed E-state index contributed by atoms with van der Waals surface area (Å²) in [5.74, 6) is -4.17. The first-order valence-corrected chi connectivity index (χ1v) is 5.64. The van der Waals surface area contributed by atoms with Crippen molar-refractivity contribution in [3.05, 3.63) is 26.3 Å². The van der Waals surface area contributed by atoms with E-state index in [0.717, 1.165) is 34.6 Å². The molecular formula is C14H28Na5O10. The number of hydrogen-bond donors (Lipinski definition) is 5. The molecule has 149 valence electrons. The summed E-state index contributed by atoms with van der Waals surface area (Å²) in [7, 11) is 0. The minimum atomic E-state index is -0.833. The fourth-order valence-corrected chi connectivity index (χ4v) is 0. The van der Waals surface area contributed by atoms with Crippen LogP contribution >= 0.6 is 0 Å². The molecule has 0 aromatic heterocycles. The van der Waals surface area contributed by atoms with Crippen LogP contribution in [0.3, 0.4) is 0 Å². The molecule has 10 nitrogen and oxygen atoms in total. The van der Waals surface area contributed by atoms with Gasteiger partial charge in [-0.1, -0.05) is 0 Å². The van der Waals surface area contributed by atoms with Crippen LogP contribution in [-0.2, 0) is 24.0 Å². The van der Waals surface area contributed by atoms with Gasteiger partial charge in [-0.05, 0) is 0 Å². The topological polar surface area (TPSA) is 186 Å². The maximum atomic E-state index is 9.00. The summed E-state index contributed by atoms with van der Waals surface area (Å²) < 4.78 is 0. The molecule has 0 atom stereocenters. The van der Waals surface area contributed by atoms with Gasteiger partial charge in [-0.3, -0.25) is 24.0 Å². The molecule has 5 radical (unpaired) electrons. The zero-order valence-corrected chi connectivity index (χ0v) is 29.6. The molecule has 0 heterocycles. The fraction of sp³-hybridized carbons (Fsp3) is 0.357. The minimum Gasteiger partial charge on any atom is -0.481 e. The standard InChI is InChI=1S/5C2H4O2.2C2H4.5Na/c5*1-2(3)4;2*1-2;;;;;/h5*1H3,(H,3,4);2*1-2H2;;;;;. The second kappa shape index (κ2) is 87.5. The number of carboxylic acid groups (broad SMARTS) is 5. The molecule has 0 aromatic rings. The second-order valence-corrected chi connectivity index (χ2v) is 2.60. The Kier molecular flexibility index (Phi) is 234. The van der Waals surface area contributed by atoms with Crippen LogP contribution in [0.15, 0.2) is 26.3 Å². The van der Waals surface area contributed by atoms with Gasteiger partial charge in [0.2, 0.25) is 0 Å². The molecule has 0 aromatic carbocycles. The number of carbonyl (C=O) groups is 5. The van der Waals surface area contributed by atoms with Gasteiger partial charge in [0.25, 0.3) is 29.8 Å². The molecule has 0 fully saturated rings. The van der Waals surface area contributed by atoms with Crippen LogP contribution < -0.4 is 0 Å². The molecule has 0 rings (SSSR count). The van der Waals surface area contributed by atoms with Crippen LogP contribution in [0.4, 0.5) is 0 Å². The summed E-state index contributed by atoms with van der Waals surface area (Å²) >= 11 is 0. The Bertz CT molecular complexity index is 251. The van der Waals surface area contributed by atoms with Gasteiger partial charge < -0.3 is 25.5 Å². The third kappa shape index (κ3) is 6900. The van der Waals surface area contributed by atoms with E-state index in [1.54, 1.807) is 0 Å². The van der Waals surface area contributed by atoms with Gasteiger partial charge in [0.05, 0.1) is 0 Å². The van der Waals surface area contributed by atoms with E-state index in [0.29, 0.717) is 0 Å². The third-order valence-electron chi connectivity index (χ3n) is 0. The van der Waals surface area contributed by atoms with Crippen molar-refractivity contribution in [1.82, 2.24) is 0 Å². The molecule has 0 saturated heterocycles. The molecule has 0 unspecified atom stereocenters. The van der Waals surface area contributed by atoms with Crippen LogP contribution in [0.25, 0.3) is 0 Å². The molecule has 15 heteroatoms. The summed E-state index contributed by atoms with van der Waals surface area (Å²) in [5, 5.41) is 37.1. The SMILES string of the molecule is C=C.C=C.CC(=O)O.CC(=O)O.CC(=O)O.CC(=O)O.CC(=O)O.[Na].[Na].[Na].[Na].[Na]. The molecule has 0 aliphatic carbocycles. The van der Waals surface area contributed by atoms with Crippen LogP contribution in [0.1, 0.15) is 34.6 Å². The molecule has 0 bridgehead atoms. The Labute approximate surface area is 283 Å². The first kappa shape index (κ1) is 77.4. The second-order valence-electron chi connectivity index (χ2n) is 2.60. The van der Waals surface area contributed by atoms with Crippen molar-refractivity contribution >= 4 is 178 Å². The van der Waals surface area contributed by atoms with Crippen molar-refractivity contribution in [2.75, 3.05) is 0 Å². The van der Waals surface area contributed by atoms with Crippen molar-refractivity contribution in [3.63, 3.8) is 0 Å². The summed E-state index contributed by atoms with van der Waals surface area (Å²) in [4.78, 5) is 45.0. The molecule has 0 aliphatic rings. The quantitative estimate of drug-likeness (QED) is 0.241. The van der Waals surface area contributed by atoms with Gasteiger partial charge in [0, 0.05) is 182 Å². The smallest absolute Gasteiger partial charge is 0.300 e. The number of carboxylic acids is 5. The normalized spacial score (nSPS) is 4.59. The zero-order chi connectivity index (χ0) is 21.9. The van der Waals surface area contributed by atoms with E-state index >= 15 is 0 Å². The van der Waals surface area contributed by atoms with Crippen molar-refractivity contribution < 1.29 is 49.5 Å². The molecular weight excluding hydrogens is 443 g/mol.